The Morgan fingerprint density at radius 1 is 1.17 bits per heavy atom. The lowest BCUT2D eigenvalue weighted by Crippen LogP contribution is -2.40. The minimum atomic E-state index is -0.635. The standard InChI is InChI=1S/C19H23N3O2/c1-2-24-17(23)19(12-7-4-8-13-19)16-11-14-20-18(22-16)21-15-9-5-3-6-10-15/h3,5-6,9-11,14H,2,4,7-8,12-13H2,1H3,(H,20,21,22). The lowest BCUT2D eigenvalue weighted by molar-refractivity contribution is -0.151. The highest BCUT2D eigenvalue weighted by molar-refractivity contribution is 5.83. The van der Waals surface area contributed by atoms with Gasteiger partial charge in [-0.05, 0) is 38.0 Å². The summed E-state index contributed by atoms with van der Waals surface area (Å²) in [7, 11) is 0. The van der Waals surface area contributed by atoms with Crippen LogP contribution in [0.1, 0.15) is 44.7 Å². The van der Waals surface area contributed by atoms with Crippen LogP contribution in [0.2, 0.25) is 0 Å². The van der Waals surface area contributed by atoms with Gasteiger partial charge in [0.1, 0.15) is 5.41 Å². The van der Waals surface area contributed by atoms with Gasteiger partial charge < -0.3 is 10.1 Å². The second kappa shape index (κ2) is 7.43. The Balaban J connectivity index is 1.91. The Morgan fingerprint density at radius 3 is 2.62 bits per heavy atom. The fraction of sp³-hybridized carbons (Fsp3) is 0.421. The number of ether oxygens (including phenoxy) is 1. The highest BCUT2D eigenvalue weighted by Gasteiger charge is 2.44. The zero-order valence-electron chi connectivity index (χ0n) is 14.0. The molecule has 24 heavy (non-hydrogen) atoms. The first-order valence-electron chi connectivity index (χ1n) is 8.57. The average molecular weight is 325 g/mol. The third-order valence-corrected chi connectivity index (χ3v) is 4.55. The highest BCUT2D eigenvalue weighted by atomic mass is 16.5. The number of esters is 1. The van der Waals surface area contributed by atoms with Gasteiger partial charge in [-0.1, -0.05) is 37.5 Å². The fourth-order valence-electron chi connectivity index (χ4n) is 3.33. The molecule has 3 rings (SSSR count). The van der Waals surface area contributed by atoms with E-state index < -0.39 is 5.41 Å². The normalized spacial score (nSPS) is 16.4. The molecule has 1 fully saturated rings. The number of para-hydroxylation sites is 1. The number of carbonyl (C=O) groups is 1. The minimum Gasteiger partial charge on any atom is -0.465 e. The van der Waals surface area contributed by atoms with Crippen LogP contribution in [0, 0.1) is 0 Å². The first kappa shape index (κ1) is 16.4. The number of benzene rings is 1. The molecule has 1 N–H and O–H groups in total. The summed E-state index contributed by atoms with van der Waals surface area (Å²) in [6.45, 7) is 2.23. The minimum absolute atomic E-state index is 0.158. The second-order valence-corrected chi connectivity index (χ2v) is 6.12. The summed E-state index contributed by atoms with van der Waals surface area (Å²) in [4.78, 5) is 21.6. The van der Waals surface area contributed by atoms with Crippen LogP contribution >= 0.6 is 0 Å². The van der Waals surface area contributed by atoms with E-state index in [1.165, 1.54) is 0 Å². The van der Waals surface area contributed by atoms with Crippen molar-refractivity contribution in [2.75, 3.05) is 11.9 Å². The van der Waals surface area contributed by atoms with E-state index in [1.54, 1.807) is 6.20 Å². The largest absolute Gasteiger partial charge is 0.465 e. The maximum absolute atomic E-state index is 12.7. The average Bonchev–Trinajstić information content (AvgIpc) is 2.63. The van der Waals surface area contributed by atoms with Gasteiger partial charge in [0.05, 0.1) is 12.3 Å². The molecule has 126 valence electrons. The van der Waals surface area contributed by atoms with Crippen molar-refractivity contribution in [3.63, 3.8) is 0 Å². The fourth-order valence-corrected chi connectivity index (χ4v) is 3.33. The molecule has 0 spiro atoms. The topological polar surface area (TPSA) is 64.1 Å². The third kappa shape index (κ3) is 3.40. The molecule has 0 amide bonds. The van der Waals surface area contributed by atoms with Gasteiger partial charge in [-0.15, -0.1) is 0 Å². The molecular formula is C19H23N3O2. The molecule has 0 saturated heterocycles. The van der Waals surface area contributed by atoms with Crippen LogP contribution in [0.25, 0.3) is 0 Å². The molecule has 0 unspecified atom stereocenters. The molecule has 0 atom stereocenters. The first-order chi connectivity index (χ1) is 11.7. The van der Waals surface area contributed by atoms with Crippen molar-refractivity contribution in [1.29, 1.82) is 0 Å². The van der Waals surface area contributed by atoms with E-state index in [-0.39, 0.29) is 5.97 Å². The van der Waals surface area contributed by atoms with Crippen LogP contribution in [0.5, 0.6) is 0 Å². The molecule has 5 nitrogen and oxygen atoms in total. The smallest absolute Gasteiger partial charge is 0.318 e. The van der Waals surface area contributed by atoms with Gasteiger partial charge in [0.2, 0.25) is 5.95 Å². The number of aromatic nitrogens is 2. The molecule has 0 bridgehead atoms. The molecule has 1 aromatic heterocycles. The Kier molecular flexibility index (Phi) is 5.08. The molecule has 5 heteroatoms. The highest BCUT2D eigenvalue weighted by Crippen LogP contribution is 2.40. The van der Waals surface area contributed by atoms with Crippen molar-refractivity contribution in [2.45, 2.75) is 44.4 Å². The van der Waals surface area contributed by atoms with E-state index in [4.69, 9.17) is 4.74 Å². The molecule has 1 heterocycles. The van der Waals surface area contributed by atoms with Gasteiger partial charge in [-0.3, -0.25) is 4.79 Å². The molecule has 0 aliphatic heterocycles. The van der Waals surface area contributed by atoms with Gasteiger partial charge in [0, 0.05) is 11.9 Å². The maximum Gasteiger partial charge on any atom is 0.318 e. The van der Waals surface area contributed by atoms with E-state index >= 15 is 0 Å². The monoisotopic (exact) mass is 325 g/mol. The number of hydrogen-bond donors (Lipinski definition) is 1. The summed E-state index contributed by atoms with van der Waals surface area (Å²) < 4.78 is 5.38. The Labute approximate surface area is 142 Å². The molecular weight excluding hydrogens is 302 g/mol. The van der Waals surface area contributed by atoms with Crippen LogP contribution in [0.4, 0.5) is 11.6 Å². The van der Waals surface area contributed by atoms with Crippen LogP contribution in [-0.4, -0.2) is 22.5 Å². The maximum atomic E-state index is 12.7. The van der Waals surface area contributed by atoms with Crippen molar-refractivity contribution in [2.24, 2.45) is 0 Å². The lowest BCUT2D eigenvalue weighted by atomic mass is 9.71. The summed E-state index contributed by atoms with van der Waals surface area (Å²) >= 11 is 0. The third-order valence-electron chi connectivity index (χ3n) is 4.55. The zero-order chi connectivity index (χ0) is 16.8. The van der Waals surface area contributed by atoms with Crippen molar-refractivity contribution in [1.82, 2.24) is 9.97 Å². The number of carbonyl (C=O) groups excluding carboxylic acids is 1. The summed E-state index contributed by atoms with van der Waals surface area (Å²) in [5.41, 5.74) is 1.04. The SMILES string of the molecule is CCOC(=O)C1(c2ccnc(Nc3ccccc3)n2)CCCCC1. The van der Waals surface area contributed by atoms with Crippen molar-refractivity contribution >= 4 is 17.6 Å². The zero-order valence-corrected chi connectivity index (χ0v) is 14.0. The van der Waals surface area contributed by atoms with E-state index in [0.29, 0.717) is 12.6 Å². The van der Waals surface area contributed by atoms with Crippen LogP contribution in [0.3, 0.4) is 0 Å². The van der Waals surface area contributed by atoms with Crippen LogP contribution < -0.4 is 5.32 Å². The molecule has 1 aromatic carbocycles. The molecule has 0 radical (unpaired) electrons. The van der Waals surface area contributed by atoms with Gasteiger partial charge in [-0.25, -0.2) is 9.97 Å². The summed E-state index contributed by atoms with van der Waals surface area (Å²) in [6.07, 6.45) is 6.47. The van der Waals surface area contributed by atoms with Gasteiger partial charge >= 0.3 is 5.97 Å². The Hall–Kier alpha value is -2.43. The van der Waals surface area contributed by atoms with E-state index in [1.807, 2.05) is 43.3 Å². The molecule has 1 saturated carbocycles. The molecule has 1 aliphatic rings. The Bertz CT molecular complexity index is 682. The number of rotatable bonds is 5. The van der Waals surface area contributed by atoms with Crippen molar-refractivity contribution in [3.8, 4) is 0 Å². The number of nitrogens with one attached hydrogen (secondary N) is 1. The van der Waals surface area contributed by atoms with Crippen molar-refractivity contribution < 1.29 is 9.53 Å². The predicted molar refractivity (Wildman–Crippen MR) is 93.2 cm³/mol. The van der Waals surface area contributed by atoms with Gasteiger partial charge in [-0.2, -0.15) is 0 Å². The number of anilines is 2. The van der Waals surface area contributed by atoms with E-state index in [0.717, 1.165) is 43.5 Å². The summed E-state index contributed by atoms with van der Waals surface area (Å²) in [5, 5.41) is 3.20. The van der Waals surface area contributed by atoms with Gasteiger partial charge in [0.25, 0.3) is 0 Å². The molecule has 1 aliphatic carbocycles. The molecule has 2 aromatic rings. The predicted octanol–water partition coefficient (Wildman–Crippen LogP) is 3.99. The number of nitrogens with zero attached hydrogens (tertiary/aromatic N) is 2. The van der Waals surface area contributed by atoms with Crippen LogP contribution in [-0.2, 0) is 14.9 Å². The summed E-state index contributed by atoms with van der Waals surface area (Å²) in [6, 6.07) is 11.6. The summed E-state index contributed by atoms with van der Waals surface area (Å²) in [5.74, 6) is 0.349. The second-order valence-electron chi connectivity index (χ2n) is 6.12. The lowest BCUT2D eigenvalue weighted by Gasteiger charge is -2.34. The quantitative estimate of drug-likeness (QED) is 0.842. The first-order valence-corrected chi connectivity index (χ1v) is 8.57. The van der Waals surface area contributed by atoms with Gasteiger partial charge in [0.15, 0.2) is 0 Å². The van der Waals surface area contributed by atoms with E-state index in [9.17, 15) is 4.79 Å². The van der Waals surface area contributed by atoms with Crippen molar-refractivity contribution in [3.05, 3.63) is 48.3 Å². The van der Waals surface area contributed by atoms with Crippen LogP contribution in [0.15, 0.2) is 42.6 Å². The Morgan fingerprint density at radius 2 is 1.92 bits per heavy atom. The van der Waals surface area contributed by atoms with E-state index in [2.05, 4.69) is 15.3 Å². The number of hydrogen-bond acceptors (Lipinski definition) is 5.